The Hall–Kier alpha value is -2.72. The summed E-state index contributed by atoms with van der Waals surface area (Å²) in [5, 5.41) is 3.10. The summed E-state index contributed by atoms with van der Waals surface area (Å²) in [5.41, 5.74) is 2.46. The van der Waals surface area contributed by atoms with Crippen LogP contribution in [0.3, 0.4) is 0 Å². The van der Waals surface area contributed by atoms with Gasteiger partial charge in [-0.05, 0) is 44.5 Å². The number of anilines is 1. The van der Waals surface area contributed by atoms with E-state index in [-0.39, 0.29) is 11.5 Å². The van der Waals surface area contributed by atoms with Gasteiger partial charge in [0.15, 0.2) is 15.0 Å². The SMILES string of the molecule is CCOC(=O)c1c(C)c(C(=O)Nc2nc3ccc(S(C)(=O)=O)cc3s2)c(C)n1C. The molecule has 0 spiro atoms. The first-order chi connectivity index (χ1) is 13.5. The number of amides is 1. The van der Waals surface area contributed by atoms with Crippen LogP contribution < -0.4 is 5.32 Å². The van der Waals surface area contributed by atoms with Crippen LogP contribution >= 0.6 is 11.3 Å². The lowest BCUT2D eigenvalue weighted by Crippen LogP contribution is -2.14. The van der Waals surface area contributed by atoms with Crippen LogP contribution in [-0.2, 0) is 21.6 Å². The van der Waals surface area contributed by atoms with Gasteiger partial charge in [0.25, 0.3) is 5.91 Å². The summed E-state index contributed by atoms with van der Waals surface area (Å²) in [4.78, 5) is 29.7. The normalized spacial score (nSPS) is 11.6. The maximum Gasteiger partial charge on any atom is 0.355 e. The Kier molecular flexibility index (Phi) is 5.50. The van der Waals surface area contributed by atoms with E-state index in [1.54, 1.807) is 38.5 Å². The molecule has 3 rings (SSSR count). The Morgan fingerprint density at radius 1 is 1.28 bits per heavy atom. The van der Waals surface area contributed by atoms with Gasteiger partial charge in [0.2, 0.25) is 0 Å². The van der Waals surface area contributed by atoms with Crippen molar-refractivity contribution in [1.29, 1.82) is 0 Å². The molecule has 1 N–H and O–H groups in total. The molecule has 0 aliphatic rings. The van der Waals surface area contributed by atoms with Gasteiger partial charge in [-0.15, -0.1) is 0 Å². The topological polar surface area (TPSA) is 107 Å². The van der Waals surface area contributed by atoms with Crippen LogP contribution in [0.4, 0.5) is 5.13 Å². The molecule has 0 unspecified atom stereocenters. The molecule has 10 heteroatoms. The van der Waals surface area contributed by atoms with Crippen molar-refractivity contribution >= 4 is 48.4 Å². The quantitative estimate of drug-likeness (QED) is 0.617. The van der Waals surface area contributed by atoms with Crippen LogP contribution in [0.5, 0.6) is 0 Å². The van der Waals surface area contributed by atoms with Gasteiger partial charge in [-0.25, -0.2) is 18.2 Å². The van der Waals surface area contributed by atoms with Gasteiger partial charge < -0.3 is 9.30 Å². The monoisotopic (exact) mass is 435 g/mol. The third-order valence-corrected chi connectivity index (χ3v) is 6.68. The van der Waals surface area contributed by atoms with E-state index in [4.69, 9.17) is 4.74 Å². The lowest BCUT2D eigenvalue weighted by atomic mass is 10.1. The third-order valence-electron chi connectivity index (χ3n) is 4.63. The molecule has 0 saturated carbocycles. The minimum absolute atomic E-state index is 0.195. The molecule has 29 heavy (non-hydrogen) atoms. The standard InChI is InChI=1S/C19H21N3O5S2/c1-6-27-18(24)16-10(2)15(11(3)22(16)4)17(23)21-19-20-13-8-7-12(29(5,25)26)9-14(13)28-19/h7-9H,6H2,1-5H3,(H,20,21,23). The predicted octanol–water partition coefficient (Wildman–Crippen LogP) is 3.08. The molecule has 1 amide bonds. The number of rotatable bonds is 5. The summed E-state index contributed by atoms with van der Waals surface area (Å²) in [7, 11) is -1.63. The summed E-state index contributed by atoms with van der Waals surface area (Å²) in [6.07, 6.45) is 1.14. The molecule has 0 radical (unpaired) electrons. The van der Waals surface area contributed by atoms with Crippen LogP contribution in [0.2, 0.25) is 0 Å². The number of benzene rings is 1. The van der Waals surface area contributed by atoms with Crippen molar-refractivity contribution in [1.82, 2.24) is 9.55 Å². The highest BCUT2D eigenvalue weighted by atomic mass is 32.2. The number of aromatic nitrogens is 2. The average molecular weight is 436 g/mol. The molecule has 8 nitrogen and oxygen atoms in total. The minimum Gasteiger partial charge on any atom is -0.461 e. The summed E-state index contributed by atoms with van der Waals surface area (Å²) in [6, 6.07) is 4.63. The van der Waals surface area contributed by atoms with E-state index in [1.165, 1.54) is 23.5 Å². The maximum absolute atomic E-state index is 12.9. The number of nitrogens with one attached hydrogen (secondary N) is 1. The Labute approximate surface area is 172 Å². The fourth-order valence-electron chi connectivity index (χ4n) is 3.15. The average Bonchev–Trinajstić information content (AvgIpc) is 3.11. The number of sulfone groups is 1. The Bertz CT molecular complexity index is 1240. The van der Waals surface area contributed by atoms with Crippen molar-refractivity contribution in [3.63, 3.8) is 0 Å². The molecule has 0 aliphatic carbocycles. The van der Waals surface area contributed by atoms with Crippen molar-refractivity contribution in [2.45, 2.75) is 25.7 Å². The van der Waals surface area contributed by atoms with Crippen LogP contribution in [0.15, 0.2) is 23.1 Å². The van der Waals surface area contributed by atoms with Gasteiger partial charge in [0, 0.05) is 19.0 Å². The summed E-state index contributed by atoms with van der Waals surface area (Å²) < 4.78 is 30.8. The lowest BCUT2D eigenvalue weighted by Gasteiger charge is -2.05. The van der Waals surface area contributed by atoms with Crippen molar-refractivity contribution in [3.05, 3.63) is 40.7 Å². The Morgan fingerprint density at radius 2 is 1.97 bits per heavy atom. The van der Waals surface area contributed by atoms with Crippen molar-refractivity contribution in [2.24, 2.45) is 7.05 Å². The summed E-state index contributed by atoms with van der Waals surface area (Å²) >= 11 is 1.18. The van der Waals surface area contributed by atoms with E-state index in [0.29, 0.717) is 37.9 Å². The zero-order valence-corrected chi connectivity index (χ0v) is 18.3. The number of fused-ring (bicyclic) bond motifs is 1. The molecular formula is C19H21N3O5S2. The summed E-state index contributed by atoms with van der Waals surface area (Å²) in [5.74, 6) is -0.878. The second-order valence-corrected chi connectivity index (χ2v) is 9.63. The third kappa shape index (κ3) is 3.90. The Balaban J connectivity index is 1.95. The van der Waals surface area contributed by atoms with Crippen LogP contribution in [0.1, 0.15) is 39.0 Å². The van der Waals surface area contributed by atoms with Gasteiger partial charge in [0.05, 0.1) is 27.3 Å². The molecule has 0 bridgehead atoms. The molecule has 0 fully saturated rings. The second kappa shape index (κ2) is 7.60. The molecule has 1 aromatic carbocycles. The zero-order chi connectivity index (χ0) is 21.5. The van der Waals surface area contributed by atoms with Gasteiger partial charge in [0.1, 0.15) is 5.69 Å². The lowest BCUT2D eigenvalue weighted by molar-refractivity contribution is 0.0514. The van der Waals surface area contributed by atoms with Gasteiger partial charge >= 0.3 is 5.97 Å². The molecule has 3 aromatic rings. The van der Waals surface area contributed by atoms with Gasteiger partial charge in [-0.3, -0.25) is 10.1 Å². The first-order valence-electron chi connectivity index (χ1n) is 8.79. The second-order valence-electron chi connectivity index (χ2n) is 6.59. The number of thiazole rings is 1. The van der Waals surface area contributed by atoms with E-state index in [1.807, 2.05) is 0 Å². The van der Waals surface area contributed by atoms with Crippen LogP contribution in [0.25, 0.3) is 10.2 Å². The largest absolute Gasteiger partial charge is 0.461 e. The number of carbonyl (C=O) groups excluding carboxylic acids is 2. The number of esters is 1. The molecule has 0 aliphatic heterocycles. The number of carbonyl (C=O) groups is 2. The molecular weight excluding hydrogens is 414 g/mol. The molecule has 0 saturated heterocycles. The number of hydrogen-bond donors (Lipinski definition) is 1. The molecule has 2 heterocycles. The fourth-order valence-corrected chi connectivity index (χ4v) is 4.77. The van der Waals surface area contributed by atoms with Crippen molar-refractivity contribution in [2.75, 3.05) is 18.2 Å². The minimum atomic E-state index is -3.33. The highest BCUT2D eigenvalue weighted by Gasteiger charge is 2.26. The van der Waals surface area contributed by atoms with E-state index in [0.717, 1.165) is 6.26 Å². The molecule has 0 atom stereocenters. The van der Waals surface area contributed by atoms with Gasteiger partial charge in [-0.1, -0.05) is 11.3 Å². The van der Waals surface area contributed by atoms with E-state index in [2.05, 4.69) is 10.3 Å². The molecule has 2 aromatic heterocycles. The first kappa shape index (κ1) is 21.0. The maximum atomic E-state index is 12.9. The predicted molar refractivity (Wildman–Crippen MR) is 112 cm³/mol. The highest BCUT2D eigenvalue weighted by molar-refractivity contribution is 7.90. The number of ether oxygens (including phenoxy) is 1. The van der Waals surface area contributed by atoms with Crippen LogP contribution in [0, 0.1) is 13.8 Å². The number of hydrogen-bond acceptors (Lipinski definition) is 7. The fraction of sp³-hybridized carbons (Fsp3) is 0.316. The zero-order valence-electron chi connectivity index (χ0n) is 16.7. The summed E-state index contributed by atoms with van der Waals surface area (Å²) in [6.45, 7) is 5.41. The highest BCUT2D eigenvalue weighted by Crippen LogP contribution is 2.29. The van der Waals surface area contributed by atoms with E-state index < -0.39 is 21.7 Å². The smallest absolute Gasteiger partial charge is 0.355 e. The van der Waals surface area contributed by atoms with Crippen LogP contribution in [-0.4, -0.2) is 42.7 Å². The van der Waals surface area contributed by atoms with Crippen molar-refractivity contribution in [3.8, 4) is 0 Å². The van der Waals surface area contributed by atoms with Gasteiger partial charge in [-0.2, -0.15) is 0 Å². The Morgan fingerprint density at radius 3 is 2.59 bits per heavy atom. The van der Waals surface area contributed by atoms with E-state index in [9.17, 15) is 18.0 Å². The first-order valence-corrected chi connectivity index (χ1v) is 11.5. The van der Waals surface area contributed by atoms with E-state index >= 15 is 0 Å². The van der Waals surface area contributed by atoms with Crippen molar-refractivity contribution < 1.29 is 22.7 Å². The number of nitrogens with zero attached hydrogens (tertiary/aromatic N) is 2. The molecule has 154 valence electrons.